The Labute approximate surface area is 120 Å². The molecule has 0 saturated heterocycles. The van der Waals surface area contributed by atoms with Crippen molar-refractivity contribution >= 4 is 5.78 Å². The van der Waals surface area contributed by atoms with Crippen LogP contribution >= 0.6 is 0 Å². The number of nitrogens with zero attached hydrogens (tertiary/aromatic N) is 2. The van der Waals surface area contributed by atoms with E-state index in [4.69, 9.17) is 0 Å². The first-order valence-electron chi connectivity index (χ1n) is 7.19. The molecule has 0 N–H and O–H groups in total. The molecule has 0 aliphatic heterocycles. The van der Waals surface area contributed by atoms with Gasteiger partial charge in [-0.3, -0.25) is 9.48 Å². The molecule has 0 fully saturated rings. The zero-order valence-corrected chi connectivity index (χ0v) is 12.5. The van der Waals surface area contributed by atoms with E-state index in [9.17, 15) is 4.79 Å². The molecule has 20 heavy (non-hydrogen) atoms. The van der Waals surface area contributed by atoms with Crippen LogP contribution in [0.4, 0.5) is 0 Å². The van der Waals surface area contributed by atoms with Crippen molar-refractivity contribution in [2.45, 2.75) is 46.1 Å². The van der Waals surface area contributed by atoms with Gasteiger partial charge in [0.2, 0.25) is 0 Å². The van der Waals surface area contributed by atoms with Gasteiger partial charge in [0.15, 0.2) is 0 Å². The Morgan fingerprint density at radius 3 is 2.80 bits per heavy atom. The van der Waals surface area contributed by atoms with Gasteiger partial charge in [-0.2, -0.15) is 5.10 Å². The van der Waals surface area contributed by atoms with Crippen LogP contribution in [0.2, 0.25) is 0 Å². The normalized spacial score (nSPS) is 12.3. The molecule has 1 aromatic heterocycles. The van der Waals surface area contributed by atoms with E-state index in [1.807, 2.05) is 42.1 Å². The van der Waals surface area contributed by atoms with Crippen molar-refractivity contribution in [1.82, 2.24) is 9.78 Å². The van der Waals surface area contributed by atoms with E-state index in [-0.39, 0.29) is 5.78 Å². The number of Topliss-reactive ketones (excluding diaryl/α,β-unsaturated/α-hetero) is 1. The lowest BCUT2D eigenvalue weighted by Crippen LogP contribution is -2.09. The Morgan fingerprint density at radius 2 is 2.10 bits per heavy atom. The van der Waals surface area contributed by atoms with Gasteiger partial charge in [-0.25, -0.2) is 0 Å². The highest BCUT2D eigenvalue weighted by molar-refractivity contribution is 5.82. The average molecular weight is 270 g/mol. The molecule has 1 atom stereocenters. The van der Waals surface area contributed by atoms with E-state index in [0.717, 1.165) is 17.7 Å². The number of rotatable bonds is 6. The van der Waals surface area contributed by atoms with Crippen LogP contribution in [0.1, 0.15) is 43.1 Å². The lowest BCUT2D eigenvalue weighted by molar-refractivity contribution is -0.117. The van der Waals surface area contributed by atoms with Crippen LogP contribution < -0.4 is 0 Å². The third-order valence-corrected chi connectivity index (χ3v) is 3.57. The molecule has 0 aliphatic carbocycles. The second-order valence-electron chi connectivity index (χ2n) is 5.43. The van der Waals surface area contributed by atoms with E-state index in [0.29, 0.717) is 18.9 Å². The van der Waals surface area contributed by atoms with Gasteiger partial charge in [0.1, 0.15) is 5.78 Å². The van der Waals surface area contributed by atoms with Crippen molar-refractivity contribution in [3.63, 3.8) is 0 Å². The first kappa shape index (κ1) is 14.5. The fourth-order valence-electron chi connectivity index (χ4n) is 2.22. The quantitative estimate of drug-likeness (QED) is 0.805. The maximum atomic E-state index is 12.1. The third kappa shape index (κ3) is 3.80. The second-order valence-corrected chi connectivity index (χ2v) is 5.43. The Morgan fingerprint density at radius 1 is 1.30 bits per heavy atom. The molecule has 3 heteroatoms. The molecule has 106 valence electrons. The Hall–Kier alpha value is -1.90. The van der Waals surface area contributed by atoms with Gasteiger partial charge in [0.05, 0.1) is 12.1 Å². The summed E-state index contributed by atoms with van der Waals surface area (Å²) < 4.78 is 1.94. The van der Waals surface area contributed by atoms with E-state index in [1.165, 1.54) is 5.56 Å². The zero-order chi connectivity index (χ0) is 14.5. The lowest BCUT2D eigenvalue weighted by Gasteiger charge is -2.08. The minimum absolute atomic E-state index is 0.213. The van der Waals surface area contributed by atoms with Gasteiger partial charge in [0.25, 0.3) is 0 Å². The summed E-state index contributed by atoms with van der Waals surface area (Å²) in [6.07, 6.45) is 3.90. The molecule has 0 amide bonds. The van der Waals surface area contributed by atoms with Crippen molar-refractivity contribution in [1.29, 1.82) is 0 Å². The van der Waals surface area contributed by atoms with Crippen LogP contribution in [0.5, 0.6) is 0 Å². The smallest absolute Gasteiger partial charge is 0.143 e. The van der Waals surface area contributed by atoms with Gasteiger partial charge in [-0.1, -0.05) is 36.8 Å². The van der Waals surface area contributed by atoms with E-state index >= 15 is 0 Å². The van der Waals surface area contributed by atoms with E-state index < -0.39 is 0 Å². The molecule has 1 heterocycles. The van der Waals surface area contributed by atoms with Crippen molar-refractivity contribution in [2.24, 2.45) is 0 Å². The molecule has 0 saturated carbocycles. The number of hydrogen-bond acceptors (Lipinski definition) is 2. The van der Waals surface area contributed by atoms with E-state index in [2.05, 4.69) is 25.0 Å². The summed E-state index contributed by atoms with van der Waals surface area (Å²) in [5.41, 5.74) is 3.13. The molecular weight excluding hydrogens is 248 g/mol. The number of hydrogen-bond donors (Lipinski definition) is 0. The highest BCUT2D eigenvalue weighted by Crippen LogP contribution is 2.11. The minimum Gasteiger partial charge on any atom is -0.299 e. The van der Waals surface area contributed by atoms with Crippen molar-refractivity contribution in [3.8, 4) is 0 Å². The summed E-state index contributed by atoms with van der Waals surface area (Å²) in [6.45, 7) is 6.31. The summed E-state index contributed by atoms with van der Waals surface area (Å²) in [7, 11) is 0. The standard InChI is InChI=1S/C17H22N2O/c1-4-14(3)19-9-8-16(18-19)12-17(20)11-15-7-5-6-13(2)10-15/h5-10,14H,4,11-12H2,1-3H3. The topological polar surface area (TPSA) is 34.9 Å². The van der Waals surface area contributed by atoms with Crippen molar-refractivity contribution < 1.29 is 4.79 Å². The maximum Gasteiger partial charge on any atom is 0.143 e. The summed E-state index contributed by atoms with van der Waals surface area (Å²) in [6, 6.07) is 10.4. The monoisotopic (exact) mass is 270 g/mol. The zero-order valence-electron chi connectivity index (χ0n) is 12.5. The number of carbonyl (C=O) groups is 1. The van der Waals surface area contributed by atoms with Crippen LogP contribution in [0.25, 0.3) is 0 Å². The fourth-order valence-corrected chi connectivity index (χ4v) is 2.22. The molecule has 2 rings (SSSR count). The lowest BCUT2D eigenvalue weighted by atomic mass is 10.0. The van der Waals surface area contributed by atoms with Gasteiger partial charge in [-0.05, 0) is 31.9 Å². The highest BCUT2D eigenvalue weighted by Gasteiger charge is 2.09. The molecular formula is C17H22N2O. The molecule has 3 nitrogen and oxygen atoms in total. The molecule has 0 bridgehead atoms. The molecule has 1 unspecified atom stereocenters. The van der Waals surface area contributed by atoms with Crippen LogP contribution in [-0.4, -0.2) is 15.6 Å². The number of aryl methyl sites for hydroxylation is 1. The third-order valence-electron chi connectivity index (χ3n) is 3.57. The van der Waals surface area contributed by atoms with Gasteiger partial charge >= 0.3 is 0 Å². The predicted molar refractivity (Wildman–Crippen MR) is 80.8 cm³/mol. The minimum atomic E-state index is 0.213. The summed E-state index contributed by atoms with van der Waals surface area (Å²) in [5.74, 6) is 0.213. The van der Waals surface area contributed by atoms with E-state index in [1.54, 1.807) is 0 Å². The van der Waals surface area contributed by atoms with Gasteiger partial charge in [0, 0.05) is 18.7 Å². The predicted octanol–water partition coefficient (Wildman–Crippen LogP) is 3.52. The molecule has 0 aliphatic rings. The first-order chi connectivity index (χ1) is 9.58. The Bertz CT molecular complexity index is 586. The van der Waals surface area contributed by atoms with Crippen molar-refractivity contribution in [3.05, 3.63) is 53.3 Å². The second kappa shape index (κ2) is 6.51. The first-order valence-corrected chi connectivity index (χ1v) is 7.19. The fraction of sp³-hybridized carbons (Fsp3) is 0.412. The number of ketones is 1. The molecule has 2 aromatic rings. The number of carbonyl (C=O) groups excluding carboxylic acids is 1. The summed E-state index contributed by atoms with van der Waals surface area (Å²) in [5, 5.41) is 4.48. The van der Waals surface area contributed by atoms with Crippen LogP contribution in [-0.2, 0) is 17.6 Å². The SMILES string of the molecule is CCC(C)n1ccc(CC(=O)Cc2cccc(C)c2)n1. The largest absolute Gasteiger partial charge is 0.299 e. The molecule has 0 radical (unpaired) electrons. The summed E-state index contributed by atoms with van der Waals surface area (Å²) in [4.78, 5) is 12.1. The number of aromatic nitrogens is 2. The van der Waals surface area contributed by atoms with Crippen molar-refractivity contribution in [2.75, 3.05) is 0 Å². The van der Waals surface area contributed by atoms with Gasteiger partial charge in [-0.15, -0.1) is 0 Å². The van der Waals surface area contributed by atoms with Gasteiger partial charge < -0.3 is 0 Å². The van der Waals surface area contributed by atoms with Crippen LogP contribution in [0, 0.1) is 6.92 Å². The maximum absolute atomic E-state index is 12.1. The Balaban J connectivity index is 1.96. The highest BCUT2D eigenvalue weighted by atomic mass is 16.1. The van der Waals surface area contributed by atoms with Crippen LogP contribution in [0.15, 0.2) is 36.5 Å². The molecule has 1 aromatic carbocycles. The molecule has 0 spiro atoms. The number of benzene rings is 1. The Kier molecular flexibility index (Phi) is 4.72. The average Bonchev–Trinajstić information content (AvgIpc) is 2.86. The van der Waals surface area contributed by atoms with Crippen LogP contribution in [0.3, 0.4) is 0 Å². The summed E-state index contributed by atoms with van der Waals surface area (Å²) >= 11 is 0.